The molecule has 3 heteroatoms. The van der Waals surface area contributed by atoms with Gasteiger partial charge in [-0.2, -0.15) is 0 Å². The van der Waals surface area contributed by atoms with Crippen LogP contribution in [-0.4, -0.2) is 16.5 Å². The van der Waals surface area contributed by atoms with Crippen molar-refractivity contribution < 1.29 is 0 Å². The van der Waals surface area contributed by atoms with Gasteiger partial charge in [0.2, 0.25) is 0 Å². The summed E-state index contributed by atoms with van der Waals surface area (Å²) in [5.74, 6) is 0.993. The molecule has 1 aliphatic rings. The maximum absolute atomic E-state index is 4.45. The summed E-state index contributed by atoms with van der Waals surface area (Å²) in [6, 6.07) is 8.50. The summed E-state index contributed by atoms with van der Waals surface area (Å²) in [5, 5.41) is 3.32. The lowest BCUT2D eigenvalue weighted by molar-refractivity contribution is 0.908. The summed E-state index contributed by atoms with van der Waals surface area (Å²) in [4.78, 5) is 8.78. The minimum atomic E-state index is 0.894. The summed E-state index contributed by atoms with van der Waals surface area (Å²) in [7, 11) is 0. The molecule has 2 aromatic rings. The highest BCUT2D eigenvalue weighted by Crippen LogP contribution is 2.34. The van der Waals surface area contributed by atoms with Crippen LogP contribution in [0.3, 0.4) is 0 Å². The van der Waals surface area contributed by atoms with Crippen molar-refractivity contribution in [1.29, 1.82) is 0 Å². The maximum atomic E-state index is 4.45. The van der Waals surface area contributed by atoms with Gasteiger partial charge in [-0.3, -0.25) is 0 Å². The normalized spacial score (nSPS) is 12.8. The molecule has 3 rings (SSSR count). The molecule has 3 nitrogen and oxygen atoms in total. The fourth-order valence-corrected chi connectivity index (χ4v) is 2.43. The summed E-state index contributed by atoms with van der Waals surface area (Å²) >= 11 is 0. The Bertz CT molecular complexity index is 549. The SMILES string of the molecule is CCNc1ncnc2c1CCc1ccccc1-2. The van der Waals surface area contributed by atoms with Crippen LogP contribution in [0, 0.1) is 0 Å². The van der Waals surface area contributed by atoms with Gasteiger partial charge in [0.1, 0.15) is 12.1 Å². The van der Waals surface area contributed by atoms with Crippen molar-refractivity contribution in [3.8, 4) is 11.3 Å². The first-order chi connectivity index (χ1) is 8.40. The second kappa shape index (κ2) is 4.17. The Kier molecular flexibility index (Phi) is 2.52. The van der Waals surface area contributed by atoms with Gasteiger partial charge in [0, 0.05) is 17.7 Å². The molecule has 0 radical (unpaired) electrons. The maximum Gasteiger partial charge on any atom is 0.133 e. The topological polar surface area (TPSA) is 37.8 Å². The number of fused-ring (bicyclic) bond motifs is 3. The fraction of sp³-hybridized carbons (Fsp3) is 0.286. The molecule has 1 aromatic heterocycles. The number of rotatable bonds is 2. The van der Waals surface area contributed by atoms with Gasteiger partial charge in [-0.25, -0.2) is 9.97 Å². The third-order valence-electron chi connectivity index (χ3n) is 3.21. The van der Waals surface area contributed by atoms with Gasteiger partial charge < -0.3 is 5.32 Å². The molecule has 1 aromatic carbocycles. The van der Waals surface area contributed by atoms with Crippen molar-refractivity contribution in [2.45, 2.75) is 19.8 Å². The Balaban J connectivity index is 2.17. The molecule has 17 heavy (non-hydrogen) atoms. The van der Waals surface area contributed by atoms with Gasteiger partial charge in [0.25, 0.3) is 0 Å². The van der Waals surface area contributed by atoms with E-state index in [0.717, 1.165) is 30.9 Å². The van der Waals surface area contributed by atoms with E-state index >= 15 is 0 Å². The van der Waals surface area contributed by atoms with Crippen molar-refractivity contribution in [3.05, 3.63) is 41.7 Å². The molecule has 1 aliphatic carbocycles. The average molecular weight is 225 g/mol. The molecule has 0 spiro atoms. The van der Waals surface area contributed by atoms with Gasteiger partial charge in [-0.05, 0) is 25.3 Å². The first kappa shape index (κ1) is 10.3. The lowest BCUT2D eigenvalue weighted by atomic mass is 9.89. The number of benzene rings is 1. The lowest BCUT2D eigenvalue weighted by Crippen LogP contribution is -2.11. The predicted octanol–water partition coefficient (Wildman–Crippen LogP) is 2.67. The minimum Gasteiger partial charge on any atom is -0.370 e. The van der Waals surface area contributed by atoms with Gasteiger partial charge in [0.15, 0.2) is 0 Å². The highest BCUT2D eigenvalue weighted by atomic mass is 15.0. The van der Waals surface area contributed by atoms with Crippen LogP contribution in [0.25, 0.3) is 11.3 Å². The van der Waals surface area contributed by atoms with Gasteiger partial charge in [-0.1, -0.05) is 24.3 Å². The number of hydrogen-bond donors (Lipinski definition) is 1. The second-order valence-corrected chi connectivity index (χ2v) is 4.24. The van der Waals surface area contributed by atoms with Crippen molar-refractivity contribution in [1.82, 2.24) is 9.97 Å². The van der Waals surface area contributed by atoms with E-state index in [2.05, 4.69) is 46.5 Å². The first-order valence-electron chi connectivity index (χ1n) is 6.06. The lowest BCUT2D eigenvalue weighted by Gasteiger charge is -2.20. The minimum absolute atomic E-state index is 0.894. The molecule has 86 valence electrons. The molecule has 0 aliphatic heterocycles. The van der Waals surface area contributed by atoms with Crippen LogP contribution >= 0.6 is 0 Å². The van der Waals surface area contributed by atoms with E-state index < -0.39 is 0 Å². The van der Waals surface area contributed by atoms with E-state index in [1.54, 1.807) is 6.33 Å². The van der Waals surface area contributed by atoms with Crippen LogP contribution in [0.4, 0.5) is 5.82 Å². The average Bonchev–Trinajstić information content (AvgIpc) is 2.39. The molecule has 0 saturated heterocycles. The molecule has 1 N–H and O–H groups in total. The monoisotopic (exact) mass is 225 g/mol. The van der Waals surface area contributed by atoms with E-state index in [1.165, 1.54) is 16.7 Å². The second-order valence-electron chi connectivity index (χ2n) is 4.24. The third-order valence-corrected chi connectivity index (χ3v) is 3.21. The standard InChI is InChI=1S/C14H15N3/c1-2-15-14-12-8-7-10-5-3-4-6-11(10)13(12)16-9-17-14/h3-6,9H,2,7-8H2,1H3,(H,15,16,17). The first-order valence-corrected chi connectivity index (χ1v) is 6.06. The van der Waals surface area contributed by atoms with Crippen LogP contribution in [-0.2, 0) is 12.8 Å². The Hall–Kier alpha value is -1.90. The number of hydrogen-bond acceptors (Lipinski definition) is 3. The summed E-state index contributed by atoms with van der Waals surface area (Å²) < 4.78 is 0. The molecule has 0 unspecified atom stereocenters. The molecule has 0 bridgehead atoms. The van der Waals surface area contributed by atoms with Crippen LogP contribution in [0.5, 0.6) is 0 Å². The number of aromatic nitrogens is 2. The van der Waals surface area contributed by atoms with Crippen molar-refractivity contribution in [2.75, 3.05) is 11.9 Å². The van der Waals surface area contributed by atoms with Crippen LogP contribution in [0.1, 0.15) is 18.1 Å². The molecule has 0 atom stereocenters. The van der Waals surface area contributed by atoms with Crippen LogP contribution in [0.15, 0.2) is 30.6 Å². The molecule has 0 amide bonds. The van der Waals surface area contributed by atoms with Gasteiger partial charge in [0.05, 0.1) is 5.69 Å². The van der Waals surface area contributed by atoms with E-state index in [1.807, 2.05) is 0 Å². The number of nitrogens with one attached hydrogen (secondary N) is 1. The van der Waals surface area contributed by atoms with E-state index in [0.29, 0.717) is 0 Å². The van der Waals surface area contributed by atoms with Gasteiger partial charge >= 0.3 is 0 Å². The van der Waals surface area contributed by atoms with Gasteiger partial charge in [-0.15, -0.1) is 0 Å². The van der Waals surface area contributed by atoms with E-state index in [4.69, 9.17) is 0 Å². The number of nitrogens with zero attached hydrogens (tertiary/aromatic N) is 2. The molecule has 0 fully saturated rings. The number of aryl methyl sites for hydroxylation is 1. The molecule has 0 saturated carbocycles. The fourth-order valence-electron chi connectivity index (χ4n) is 2.43. The Morgan fingerprint density at radius 1 is 1.18 bits per heavy atom. The smallest absolute Gasteiger partial charge is 0.133 e. The van der Waals surface area contributed by atoms with Crippen molar-refractivity contribution >= 4 is 5.82 Å². The molecular weight excluding hydrogens is 210 g/mol. The molecule has 1 heterocycles. The zero-order valence-electron chi connectivity index (χ0n) is 9.90. The summed E-state index contributed by atoms with van der Waals surface area (Å²) in [6.07, 6.45) is 3.75. The Labute approximate surface area is 101 Å². The Morgan fingerprint density at radius 3 is 2.94 bits per heavy atom. The Morgan fingerprint density at radius 2 is 2.06 bits per heavy atom. The molecular formula is C14H15N3. The van der Waals surface area contributed by atoms with Crippen LogP contribution < -0.4 is 5.32 Å². The highest BCUT2D eigenvalue weighted by Gasteiger charge is 2.19. The quantitative estimate of drug-likeness (QED) is 0.853. The van der Waals surface area contributed by atoms with Crippen molar-refractivity contribution in [3.63, 3.8) is 0 Å². The predicted molar refractivity (Wildman–Crippen MR) is 69.0 cm³/mol. The highest BCUT2D eigenvalue weighted by molar-refractivity contribution is 5.73. The van der Waals surface area contributed by atoms with Crippen molar-refractivity contribution in [2.24, 2.45) is 0 Å². The third kappa shape index (κ3) is 1.68. The largest absolute Gasteiger partial charge is 0.370 e. The zero-order valence-corrected chi connectivity index (χ0v) is 9.90. The number of anilines is 1. The van der Waals surface area contributed by atoms with E-state index in [9.17, 15) is 0 Å². The summed E-state index contributed by atoms with van der Waals surface area (Å²) in [5.41, 5.74) is 5.00. The zero-order chi connectivity index (χ0) is 11.7. The summed E-state index contributed by atoms with van der Waals surface area (Å²) in [6.45, 7) is 2.98. The van der Waals surface area contributed by atoms with Crippen LogP contribution in [0.2, 0.25) is 0 Å². The van der Waals surface area contributed by atoms with E-state index in [-0.39, 0.29) is 0 Å².